The smallest absolute Gasteiger partial charge is 0.268 e. The third-order valence-electron chi connectivity index (χ3n) is 5.15. The number of H-pyrrole nitrogens is 1. The van der Waals surface area contributed by atoms with Gasteiger partial charge >= 0.3 is 0 Å². The molecule has 0 aliphatic heterocycles. The second-order valence-corrected chi connectivity index (χ2v) is 7.82. The van der Waals surface area contributed by atoms with Crippen molar-refractivity contribution in [2.24, 2.45) is 0 Å². The molecule has 0 aliphatic carbocycles. The van der Waals surface area contributed by atoms with E-state index in [1.807, 2.05) is 19.9 Å². The summed E-state index contributed by atoms with van der Waals surface area (Å²) in [5.74, 6) is 0.330. The van der Waals surface area contributed by atoms with E-state index in [2.05, 4.69) is 20.6 Å². The van der Waals surface area contributed by atoms with Gasteiger partial charge in [0.15, 0.2) is 0 Å². The molecule has 1 unspecified atom stereocenters. The van der Waals surface area contributed by atoms with Crippen molar-refractivity contribution in [1.82, 2.24) is 15.3 Å². The maximum absolute atomic E-state index is 12.8. The third kappa shape index (κ3) is 5.64. The van der Waals surface area contributed by atoms with Crippen LogP contribution in [0.5, 0.6) is 0 Å². The lowest BCUT2D eigenvalue weighted by molar-refractivity contribution is 0.0911. The highest BCUT2D eigenvalue weighted by molar-refractivity contribution is 6.30. The predicted octanol–water partition coefficient (Wildman–Crippen LogP) is 3.68. The van der Waals surface area contributed by atoms with E-state index in [4.69, 9.17) is 11.6 Å². The zero-order chi connectivity index (χ0) is 22.4. The van der Waals surface area contributed by atoms with Crippen molar-refractivity contribution in [3.05, 3.63) is 70.6 Å². The van der Waals surface area contributed by atoms with Crippen molar-refractivity contribution in [3.63, 3.8) is 0 Å². The van der Waals surface area contributed by atoms with Crippen LogP contribution in [0.3, 0.4) is 0 Å². The number of anilines is 1. The molecular formula is C23H27ClN4O3. The van der Waals surface area contributed by atoms with Crippen molar-refractivity contribution in [3.8, 4) is 11.1 Å². The van der Waals surface area contributed by atoms with Crippen LogP contribution in [0.4, 0.5) is 5.82 Å². The first kappa shape index (κ1) is 22.8. The number of benzene rings is 1. The summed E-state index contributed by atoms with van der Waals surface area (Å²) < 4.78 is 0. The average Bonchev–Trinajstić information content (AvgIpc) is 3.27. The maximum Gasteiger partial charge on any atom is 0.268 e. The SMILES string of the molecule is CC[C@@H](CO)Nc1cc(-c2c[nH]c(C(=O)NC(CO)c3cccc(Cl)c3)c2)c(C)cn1. The molecule has 1 amide bonds. The van der Waals surface area contributed by atoms with Crippen LogP contribution in [0, 0.1) is 6.92 Å². The highest BCUT2D eigenvalue weighted by Crippen LogP contribution is 2.27. The molecule has 8 heteroatoms. The largest absolute Gasteiger partial charge is 0.394 e. The van der Waals surface area contributed by atoms with Crippen LogP contribution < -0.4 is 10.6 Å². The molecule has 1 aromatic carbocycles. The number of carbonyl (C=O) groups excluding carboxylic acids is 1. The van der Waals surface area contributed by atoms with Crippen LogP contribution in [0.25, 0.3) is 11.1 Å². The summed E-state index contributed by atoms with van der Waals surface area (Å²) in [7, 11) is 0. The fraction of sp³-hybridized carbons (Fsp3) is 0.304. The summed E-state index contributed by atoms with van der Waals surface area (Å²) >= 11 is 6.02. The second kappa shape index (κ2) is 10.4. The fourth-order valence-electron chi connectivity index (χ4n) is 3.27. The Bertz CT molecular complexity index is 1030. The molecule has 0 saturated heterocycles. The van der Waals surface area contributed by atoms with Gasteiger partial charge in [-0.1, -0.05) is 30.7 Å². The second-order valence-electron chi connectivity index (χ2n) is 7.38. The number of carbonyl (C=O) groups is 1. The predicted molar refractivity (Wildman–Crippen MR) is 122 cm³/mol. The lowest BCUT2D eigenvalue weighted by Gasteiger charge is -2.16. The molecule has 0 aliphatic rings. The van der Waals surface area contributed by atoms with Gasteiger partial charge in [0.2, 0.25) is 0 Å². The van der Waals surface area contributed by atoms with E-state index >= 15 is 0 Å². The lowest BCUT2D eigenvalue weighted by atomic mass is 10.0. The zero-order valence-electron chi connectivity index (χ0n) is 17.5. The van der Waals surface area contributed by atoms with Gasteiger partial charge in [0.1, 0.15) is 11.5 Å². The molecule has 164 valence electrons. The normalized spacial score (nSPS) is 12.9. The van der Waals surface area contributed by atoms with Crippen LogP contribution in [0.15, 0.2) is 48.8 Å². The van der Waals surface area contributed by atoms with Crippen LogP contribution in [0.1, 0.15) is 41.0 Å². The molecule has 0 radical (unpaired) electrons. The van der Waals surface area contributed by atoms with Gasteiger partial charge in [0.05, 0.1) is 25.3 Å². The van der Waals surface area contributed by atoms with Crippen LogP contribution in [0.2, 0.25) is 5.02 Å². The van der Waals surface area contributed by atoms with Gasteiger partial charge in [-0.3, -0.25) is 4.79 Å². The number of halogens is 1. The summed E-state index contributed by atoms with van der Waals surface area (Å²) in [4.78, 5) is 20.1. The number of nitrogens with one attached hydrogen (secondary N) is 3. The van der Waals surface area contributed by atoms with Crippen LogP contribution in [-0.4, -0.2) is 45.3 Å². The number of rotatable bonds is 9. The molecule has 0 bridgehead atoms. The minimum Gasteiger partial charge on any atom is -0.394 e. The molecule has 0 saturated carbocycles. The van der Waals surface area contributed by atoms with E-state index < -0.39 is 6.04 Å². The van der Waals surface area contributed by atoms with Gasteiger partial charge in [-0.25, -0.2) is 4.98 Å². The molecule has 5 N–H and O–H groups in total. The topological polar surface area (TPSA) is 110 Å². The van der Waals surface area contributed by atoms with E-state index in [1.165, 1.54) is 0 Å². The Labute approximate surface area is 186 Å². The molecule has 31 heavy (non-hydrogen) atoms. The van der Waals surface area contributed by atoms with Crippen molar-refractivity contribution >= 4 is 23.3 Å². The van der Waals surface area contributed by atoms with Gasteiger partial charge < -0.3 is 25.8 Å². The standard InChI is InChI=1S/C23H27ClN4O3/c1-3-18(12-29)27-22-9-19(14(2)10-26-22)16-8-20(25-11-16)23(31)28-21(13-30)15-5-4-6-17(24)7-15/h4-11,18,21,25,29-30H,3,12-13H2,1-2H3,(H,26,27)(H,28,31)/t18-,21?/m0/s1. The van der Waals surface area contributed by atoms with Crippen LogP contribution in [-0.2, 0) is 0 Å². The number of hydrogen-bond donors (Lipinski definition) is 5. The van der Waals surface area contributed by atoms with Crippen molar-refractivity contribution in [1.29, 1.82) is 0 Å². The molecular weight excluding hydrogens is 416 g/mol. The molecule has 0 fully saturated rings. The zero-order valence-corrected chi connectivity index (χ0v) is 18.3. The van der Waals surface area contributed by atoms with E-state index in [0.717, 1.165) is 28.7 Å². The van der Waals surface area contributed by atoms with Gasteiger partial charge in [-0.15, -0.1) is 0 Å². The lowest BCUT2D eigenvalue weighted by Crippen LogP contribution is -2.31. The monoisotopic (exact) mass is 442 g/mol. The van der Waals surface area contributed by atoms with Crippen LogP contribution >= 0.6 is 11.6 Å². The summed E-state index contributed by atoms with van der Waals surface area (Å²) in [6, 6.07) is 10.1. The number of aliphatic hydroxyl groups excluding tert-OH is 2. The minimum atomic E-state index is -0.569. The number of amides is 1. The van der Waals surface area contributed by atoms with E-state index in [1.54, 1.807) is 42.7 Å². The number of aromatic amines is 1. The number of aryl methyl sites for hydroxylation is 1. The highest BCUT2D eigenvalue weighted by atomic mass is 35.5. The summed E-state index contributed by atoms with van der Waals surface area (Å²) in [6.07, 6.45) is 4.29. The minimum absolute atomic E-state index is 0.0223. The Hall–Kier alpha value is -2.87. The molecule has 7 nitrogen and oxygen atoms in total. The van der Waals surface area contributed by atoms with Gasteiger partial charge in [-0.2, -0.15) is 0 Å². The Morgan fingerprint density at radius 1 is 1.23 bits per heavy atom. The summed E-state index contributed by atoms with van der Waals surface area (Å²) in [6.45, 7) is 3.71. The Kier molecular flexibility index (Phi) is 7.68. The average molecular weight is 443 g/mol. The van der Waals surface area contributed by atoms with Crippen molar-refractivity contribution < 1.29 is 15.0 Å². The number of nitrogens with zero attached hydrogens (tertiary/aromatic N) is 1. The molecule has 3 aromatic rings. The van der Waals surface area contributed by atoms with E-state index in [0.29, 0.717) is 16.5 Å². The fourth-order valence-corrected chi connectivity index (χ4v) is 3.47. The van der Waals surface area contributed by atoms with Crippen molar-refractivity contribution in [2.45, 2.75) is 32.4 Å². The quantitative estimate of drug-likeness (QED) is 0.347. The summed E-state index contributed by atoms with van der Waals surface area (Å²) in [5, 5.41) is 25.7. The number of aromatic nitrogens is 2. The molecule has 2 heterocycles. The van der Waals surface area contributed by atoms with Gasteiger partial charge in [0, 0.05) is 23.0 Å². The maximum atomic E-state index is 12.8. The first-order valence-corrected chi connectivity index (χ1v) is 10.5. The summed E-state index contributed by atoms with van der Waals surface area (Å²) in [5.41, 5.74) is 3.83. The Morgan fingerprint density at radius 2 is 2.03 bits per heavy atom. The molecule has 3 rings (SSSR count). The molecule has 2 atom stereocenters. The van der Waals surface area contributed by atoms with Crippen molar-refractivity contribution in [2.75, 3.05) is 18.5 Å². The Balaban J connectivity index is 1.78. The third-order valence-corrected chi connectivity index (χ3v) is 5.38. The Morgan fingerprint density at radius 3 is 2.71 bits per heavy atom. The van der Waals surface area contributed by atoms with Gasteiger partial charge in [-0.05, 0) is 54.3 Å². The first-order valence-electron chi connectivity index (χ1n) is 10.1. The van der Waals surface area contributed by atoms with Gasteiger partial charge in [0.25, 0.3) is 5.91 Å². The first-order chi connectivity index (χ1) is 14.9. The molecule has 2 aromatic heterocycles. The molecule has 0 spiro atoms. The number of pyridine rings is 1. The van der Waals surface area contributed by atoms with E-state index in [-0.39, 0.29) is 25.2 Å². The highest BCUT2D eigenvalue weighted by Gasteiger charge is 2.18. The number of aliphatic hydroxyl groups is 2. The number of hydrogen-bond acceptors (Lipinski definition) is 5. The van der Waals surface area contributed by atoms with E-state index in [9.17, 15) is 15.0 Å².